The Morgan fingerprint density at radius 3 is 2.29 bits per heavy atom. The molecular formula is C11H15FOSi. The molecule has 0 radical (unpaired) electrons. The van der Waals surface area contributed by atoms with Crippen molar-refractivity contribution in [3.8, 4) is 0 Å². The third-order valence-electron chi connectivity index (χ3n) is 2.19. The number of carbonyl (C=O) groups excluding carboxylic acids is 1. The highest BCUT2D eigenvalue weighted by Crippen LogP contribution is 2.11. The van der Waals surface area contributed by atoms with Gasteiger partial charge in [-0.1, -0.05) is 31.8 Å². The third kappa shape index (κ3) is 2.10. The number of carbonyl (C=O) groups is 1. The molecule has 0 atom stereocenters. The van der Waals surface area contributed by atoms with Crippen molar-refractivity contribution in [2.24, 2.45) is 0 Å². The van der Waals surface area contributed by atoms with Gasteiger partial charge in [0, 0.05) is 0 Å². The predicted molar refractivity (Wildman–Crippen MR) is 59.4 cm³/mol. The van der Waals surface area contributed by atoms with Gasteiger partial charge in [0.05, 0.1) is 13.6 Å². The van der Waals surface area contributed by atoms with Crippen LogP contribution >= 0.6 is 0 Å². The summed E-state index contributed by atoms with van der Waals surface area (Å²) in [5, 5.41) is 0.727. The zero-order valence-electron chi connectivity index (χ0n) is 9.02. The molecule has 3 heteroatoms. The van der Waals surface area contributed by atoms with Gasteiger partial charge in [0.15, 0.2) is 5.78 Å². The van der Waals surface area contributed by atoms with Crippen molar-refractivity contribution < 1.29 is 9.18 Å². The number of hydrogen-bond donors (Lipinski definition) is 0. The predicted octanol–water partition coefficient (Wildman–Crippen LogP) is 2.57. The normalized spacial score (nSPS) is 11.5. The SMILES string of the molecule is CC(=O)c1cccc([Si](C)(C)C)c1F. The summed E-state index contributed by atoms with van der Waals surface area (Å²) in [7, 11) is -1.68. The Morgan fingerprint density at radius 2 is 1.86 bits per heavy atom. The van der Waals surface area contributed by atoms with Gasteiger partial charge in [-0.2, -0.15) is 0 Å². The van der Waals surface area contributed by atoms with Gasteiger partial charge in [0.1, 0.15) is 5.82 Å². The number of hydrogen-bond acceptors (Lipinski definition) is 1. The minimum absolute atomic E-state index is 0.206. The summed E-state index contributed by atoms with van der Waals surface area (Å²) in [5.41, 5.74) is 0.213. The van der Waals surface area contributed by atoms with Crippen LogP contribution in [0.15, 0.2) is 18.2 Å². The maximum Gasteiger partial charge on any atom is 0.162 e. The topological polar surface area (TPSA) is 17.1 Å². The number of benzene rings is 1. The highest BCUT2D eigenvalue weighted by atomic mass is 28.3. The molecule has 0 fully saturated rings. The number of rotatable bonds is 2. The van der Waals surface area contributed by atoms with Crippen molar-refractivity contribution in [3.05, 3.63) is 29.6 Å². The quantitative estimate of drug-likeness (QED) is 0.541. The first-order valence-electron chi connectivity index (χ1n) is 4.64. The van der Waals surface area contributed by atoms with Crippen molar-refractivity contribution in [2.75, 3.05) is 0 Å². The van der Waals surface area contributed by atoms with E-state index in [9.17, 15) is 9.18 Å². The van der Waals surface area contributed by atoms with Crippen LogP contribution in [0.4, 0.5) is 4.39 Å². The van der Waals surface area contributed by atoms with Crippen LogP contribution < -0.4 is 5.19 Å². The van der Waals surface area contributed by atoms with E-state index in [2.05, 4.69) is 19.6 Å². The van der Waals surface area contributed by atoms with Crippen molar-refractivity contribution >= 4 is 19.0 Å². The highest BCUT2D eigenvalue weighted by Gasteiger charge is 2.23. The Balaban J connectivity index is 3.35. The molecule has 76 valence electrons. The fraction of sp³-hybridized carbons (Fsp3) is 0.364. The summed E-state index contributed by atoms with van der Waals surface area (Å²) in [6, 6.07) is 5.09. The smallest absolute Gasteiger partial charge is 0.162 e. The molecule has 0 aliphatic heterocycles. The second-order valence-corrected chi connectivity index (χ2v) is 9.51. The maximum atomic E-state index is 13.8. The Labute approximate surface area is 85.0 Å². The lowest BCUT2D eigenvalue weighted by Gasteiger charge is -2.18. The van der Waals surface area contributed by atoms with Crippen LogP contribution in [-0.2, 0) is 0 Å². The summed E-state index contributed by atoms with van der Waals surface area (Å²) in [6.45, 7) is 7.59. The van der Waals surface area contributed by atoms with Gasteiger partial charge in [-0.05, 0) is 18.2 Å². The van der Waals surface area contributed by atoms with Gasteiger partial charge in [0.25, 0.3) is 0 Å². The fourth-order valence-electron chi connectivity index (χ4n) is 1.38. The standard InChI is InChI=1S/C11H15FOSi/c1-8(13)9-6-5-7-10(11(9)12)14(2,3)4/h5-7H,1-4H3. The summed E-state index contributed by atoms with van der Waals surface area (Å²) in [4.78, 5) is 11.1. The zero-order chi connectivity index (χ0) is 10.9. The van der Waals surface area contributed by atoms with Crippen molar-refractivity contribution in [3.63, 3.8) is 0 Å². The van der Waals surface area contributed by atoms with E-state index in [1.807, 2.05) is 0 Å². The molecular weight excluding hydrogens is 195 g/mol. The Hall–Kier alpha value is -0.963. The molecule has 0 bridgehead atoms. The zero-order valence-corrected chi connectivity index (χ0v) is 10.0. The van der Waals surface area contributed by atoms with Crippen LogP contribution in [-0.4, -0.2) is 13.9 Å². The lowest BCUT2D eigenvalue weighted by atomic mass is 10.1. The molecule has 0 saturated heterocycles. The largest absolute Gasteiger partial charge is 0.294 e. The van der Waals surface area contributed by atoms with Crippen molar-refractivity contribution in [1.29, 1.82) is 0 Å². The summed E-state index contributed by atoms with van der Waals surface area (Å²) in [5.74, 6) is -0.526. The van der Waals surface area contributed by atoms with Crippen LogP contribution in [0.25, 0.3) is 0 Å². The monoisotopic (exact) mass is 210 g/mol. The van der Waals surface area contributed by atoms with Crippen molar-refractivity contribution in [1.82, 2.24) is 0 Å². The molecule has 0 unspecified atom stereocenters. The number of halogens is 1. The summed E-state index contributed by atoms with van der Waals surface area (Å²) >= 11 is 0. The van der Waals surface area contributed by atoms with Crippen LogP contribution in [0.5, 0.6) is 0 Å². The molecule has 0 heterocycles. The second-order valence-electron chi connectivity index (χ2n) is 4.47. The van der Waals surface area contributed by atoms with Gasteiger partial charge >= 0.3 is 0 Å². The molecule has 0 aliphatic rings. The van der Waals surface area contributed by atoms with E-state index < -0.39 is 8.07 Å². The average molecular weight is 210 g/mol. The van der Waals surface area contributed by atoms with Gasteiger partial charge in [-0.15, -0.1) is 0 Å². The molecule has 1 aromatic carbocycles. The number of Topliss-reactive ketones (excluding diaryl/α,β-unsaturated/α-hetero) is 1. The van der Waals surface area contributed by atoms with Gasteiger partial charge < -0.3 is 0 Å². The van der Waals surface area contributed by atoms with E-state index >= 15 is 0 Å². The van der Waals surface area contributed by atoms with Gasteiger partial charge in [-0.25, -0.2) is 4.39 Å². The minimum atomic E-state index is -1.68. The van der Waals surface area contributed by atoms with Gasteiger partial charge in [0.2, 0.25) is 0 Å². The van der Waals surface area contributed by atoms with Crippen molar-refractivity contribution in [2.45, 2.75) is 26.6 Å². The van der Waals surface area contributed by atoms with E-state index in [0.29, 0.717) is 0 Å². The first kappa shape index (κ1) is 11.1. The third-order valence-corrected chi connectivity index (χ3v) is 4.19. The highest BCUT2D eigenvalue weighted by molar-refractivity contribution is 6.88. The fourth-order valence-corrected chi connectivity index (χ4v) is 2.77. The Kier molecular flexibility index (Phi) is 2.90. The van der Waals surface area contributed by atoms with Crippen LogP contribution in [0.1, 0.15) is 17.3 Å². The first-order chi connectivity index (χ1) is 6.34. The van der Waals surface area contributed by atoms with E-state index in [1.165, 1.54) is 6.92 Å². The van der Waals surface area contributed by atoms with E-state index in [1.54, 1.807) is 18.2 Å². The van der Waals surface area contributed by atoms with E-state index in [-0.39, 0.29) is 17.2 Å². The second kappa shape index (κ2) is 3.65. The molecule has 0 amide bonds. The summed E-state index contributed by atoms with van der Waals surface area (Å²) in [6.07, 6.45) is 0. The van der Waals surface area contributed by atoms with Crippen LogP contribution in [0.3, 0.4) is 0 Å². The molecule has 1 aromatic rings. The molecule has 0 N–H and O–H groups in total. The molecule has 1 nitrogen and oxygen atoms in total. The molecule has 0 aromatic heterocycles. The number of ketones is 1. The van der Waals surface area contributed by atoms with Gasteiger partial charge in [-0.3, -0.25) is 4.79 Å². The molecule has 0 saturated carbocycles. The molecule has 1 rings (SSSR count). The lowest BCUT2D eigenvalue weighted by Crippen LogP contribution is -2.40. The van der Waals surface area contributed by atoms with E-state index in [0.717, 1.165) is 5.19 Å². The maximum absolute atomic E-state index is 13.8. The minimum Gasteiger partial charge on any atom is -0.294 e. The Bertz CT molecular complexity index is 366. The van der Waals surface area contributed by atoms with E-state index in [4.69, 9.17) is 0 Å². The molecule has 0 aliphatic carbocycles. The Morgan fingerprint density at radius 1 is 1.29 bits per heavy atom. The molecule has 0 spiro atoms. The van der Waals surface area contributed by atoms with Crippen LogP contribution in [0, 0.1) is 5.82 Å². The average Bonchev–Trinajstić information content (AvgIpc) is 2.01. The summed E-state index contributed by atoms with van der Waals surface area (Å²) < 4.78 is 13.8. The lowest BCUT2D eigenvalue weighted by molar-refractivity contribution is 0.101. The first-order valence-corrected chi connectivity index (χ1v) is 8.14. The van der Waals surface area contributed by atoms with Crippen LogP contribution in [0.2, 0.25) is 19.6 Å². The molecule has 14 heavy (non-hydrogen) atoms.